The standard InChI is InChI=1S/C30H40N4O4/c1-2-18-9-19-11-20(10-18)13-21(12-19)33-23-14-22(15-24(33)17-38-16-23)34-26-6-4-3-5-25(26)31-28(29(34)35)32-8-7-27(32)30(36)37/h3-6,18-24,27H,2,7-17H2,1H3,(H,36,37)/t18-,19-,20+,21+,22-,23-,24+,27-/m0/s1. The van der Waals surface area contributed by atoms with Gasteiger partial charge in [-0.05, 0) is 81.3 Å². The Hall–Kier alpha value is -2.45. The Morgan fingerprint density at radius 2 is 1.68 bits per heavy atom. The van der Waals surface area contributed by atoms with E-state index in [0.717, 1.165) is 54.8 Å². The topological polar surface area (TPSA) is 87.9 Å². The Balaban J connectivity index is 1.20. The lowest BCUT2D eigenvalue weighted by molar-refractivity contribution is -0.140. The number of aliphatic carboxylic acids is 1. The summed E-state index contributed by atoms with van der Waals surface area (Å²) >= 11 is 0. The van der Waals surface area contributed by atoms with Gasteiger partial charge in [0.05, 0.1) is 24.2 Å². The molecule has 0 amide bonds. The molecule has 38 heavy (non-hydrogen) atoms. The number of morpholine rings is 1. The lowest BCUT2D eigenvalue weighted by Gasteiger charge is -2.55. The first-order valence-electron chi connectivity index (χ1n) is 14.9. The van der Waals surface area contributed by atoms with Gasteiger partial charge >= 0.3 is 5.97 Å². The van der Waals surface area contributed by atoms with E-state index in [1.54, 1.807) is 4.90 Å². The third-order valence-electron chi connectivity index (χ3n) is 10.5. The van der Waals surface area contributed by atoms with E-state index in [4.69, 9.17) is 4.74 Å². The Bertz CT molecular complexity index is 1250. The number of aromatic nitrogens is 2. The van der Waals surface area contributed by atoms with Gasteiger partial charge in [0, 0.05) is 30.7 Å². The predicted molar refractivity (Wildman–Crippen MR) is 146 cm³/mol. The largest absolute Gasteiger partial charge is 0.480 e. The third-order valence-corrected chi connectivity index (χ3v) is 10.5. The molecule has 3 aliphatic heterocycles. The van der Waals surface area contributed by atoms with Crippen molar-refractivity contribution >= 4 is 22.8 Å². The van der Waals surface area contributed by atoms with E-state index in [-0.39, 0.29) is 17.4 Å². The molecule has 1 aromatic heterocycles. The zero-order valence-corrected chi connectivity index (χ0v) is 22.4. The fraction of sp³-hybridized carbons (Fsp3) is 0.700. The molecular weight excluding hydrogens is 480 g/mol. The molecule has 4 heterocycles. The molecule has 2 aliphatic carbocycles. The molecule has 0 unspecified atom stereocenters. The number of anilines is 1. The van der Waals surface area contributed by atoms with Gasteiger partial charge in [-0.2, -0.15) is 0 Å². The number of fused-ring (bicyclic) bond motifs is 5. The fourth-order valence-electron chi connectivity index (χ4n) is 8.84. The molecule has 0 spiro atoms. The maximum Gasteiger partial charge on any atom is 0.326 e. The average Bonchev–Trinajstić information content (AvgIpc) is 2.87. The predicted octanol–water partition coefficient (Wildman–Crippen LogP) is 4.07. The molecule has 8 heteroatoms. The summed E-state index contributed by atoms with van der Waals surface area (Å²) in [7, 11) is 0. The van der Waals surface area contributed by atoms with Crippen LogP contribution in [0.5, 0.6) is 0 Å². The van der Waals surface area contributed by atoms with Crippen molar-refractivity contribution in [1.82, 2.24) is 14.5 Å². The second-order valence-corrected chi connectivity index (χ2v) is 12.7. The van der Waals surface area contributed by atoms with E-state index in [0.29, 0.717) is 31.1 Å². The molecule has 0 radical (unpaired) electrons. The van der Waals surface area contributed by atoms with E-state index in [1.807, 2.05) is 28.8 Å². The molecule has 3 saturated heterocycles. The summed E-state index contributed by atoms with van der Waals surface area (Å²) in [4.78, 5) is 34.9. The van der Waals surface area contributed by atoms with E-state index < -0.39 is 12.0 Å². The molecule has 5 aliphatic rings. The quantitative estimate of drug-likeness (QED) is 0.636. The normalized spacial score (nSPS) is 37.1. The van der Waals surface area contributed by atoms with Crippen LogP contribution >= 0.6 is 0 Å². The van der Waals surface area contributed by atoms with E-state index in [1.165, 1.54) is 38.5 Å². The molecule has 5 fully saturated rings. The second kappa shape index (κ2) is 9.63. The molecule has 8 atom stereocenters. The van der Waals surface area contributed by atoms with Gasteiger partial charge < -0.3 is 19.3 Å². The highest BCUT2D eigenvalue weighted by Crippen LogP contribution is 2.47. The van der Waals surface area contributed by atoms with Crippen molar-refractivity contribution in [2.45, 2.75) is 94.9 Å². The Labute approximate surface area is 224 Å². The minimum Gasteiger partial charge on any atom is -0.480 e. The SMILES string of the molecule is CC[C@@H]1C[C@@H]2C[C@H](C1)C[C@@H](N1[C@@H]3COC[C@H]1C[C@@H](n1c(=O)c(N4CC[C@H]4C(=O)O)nc4ccccc41)C3)C2. The summed E-state index contributed by atoms with van der Waals surface area (Å²) in [6.07, 6.45) is 10.5. The minimum absolute atomic E-state index is 0.0569. The number of piperidine rings is 1. The van der Waals surface area contributed by atoms with Crippen molar-refractivity contribution in [2.24, 2.45) is 17.8 Å². The third kappa shape index (κ3) is 4.06. The van der Waals surface area contributed by atoms with Crippen LogP contribution in [0.25, 0.3) is 11.0 Å². The van der Waals surface area contributed by atoms with Gasteiger partial charge in [-0.1, -0.05) is 25.5 Å². The van der Waals surface area contributed by atoms with Gasteiger partial charge in [0.2, 0.25) is 0 Å². The van der Waals surface area contributed by atoms with Crippen molar-refractivity contribution in [2.75, 3.05) is 24.7 Å². The van der Waals surface area contributed by atoms with Gasteiger partial charge in [0.15, 0.2) is 5.82 Å². The number of hydrogen-bond acceptors (Lipinski definition) is 6. The van der Waals surface area contributed by atoms with Gasteiger partial charge in [-0.15, -0.1) is 0 Å². The highest BCUT2D eigenvalue weighted by molar-refractivity contribution is 5.81. The van der Waals surface area contributed by atoms with E-state index in [2.05, 4.69) is 16.8 Å². The molecule has 2 aromatic rings. The first-order valence-corrected chi connectivity index (χ1v) is 14.9. The molecule has 8 nitrogen and oxygen atoms in total. The van der Waals surface area contributed by atoms with Crippen LogP contribution in [0.15, 0.2) is 29.1 Å². The van der Waals surface area contributed by atoms with Crippen LogP contribution in [-0.2, 0) is 9.53 Å². The monoisotopic (exact) mass is 520 g/mol. The van der Waals surface area contributed by atoms with Crippen LogP contribution in [0, 0.1) is 17.8 Å². The van der Waals surface area contributed by atoms with Crippen molar-refractivity contribution in [3.8, 4) is 0 Å². The zero-order chi connectivity index (χ0) is 26.0. The lowest BCUT2D eigenvalue weighted by Crippen LogP contribution is -2.62. The zero-order valence-electron chi connectivity index (χ0n) is 22.4. The van der Waals surface area contributed by atoms with Crippen molar-refractivity contribution in [3.05, 3.63) is 34.6 Å². The molecule has 1 N–H and O–H groups in total. The first kappa shape index (κ1) is 24.6. The molecule has 204 valence electrons. The summed E-state index contributed by atoms with van der Waals surface area (Å²) in [5.74, 6) is 2.05. The van der Waals surface area contributed by atoms with Crippen LogP contribution in [-0.4, -0.2) is 69.5 Å². The number of para-hydroxylation sites is 2. The highest BCUT2D eigenvalue weighted by atomic mass is 16.5. The maximum atomic E-state index is 14.0. The van der Waals surface area contributed by atoms with Crippen LogP contribution in [0.4, 0.5) is 5.82 Å². The average molecular weight is 521 g/mol. The number of carboxylic acid groups (broad SMARTS) is 1. The van der Waals surface area contributed by atoms with Crippen LogP contribution < -0.4 is 10.5 Å². The summed E-state index contributed by atoms with van der Waals surface area (Å²) in [6.45, 7) is 4.37. The van der Waals surface area contributed by atoms with E-state index in [9.17, 15) is 14.7 Å². The fourth-order valence-corrected chi connectivity index (χ4v) is 8.84. The maximum absolute atomic E-state index is 14.0. The number of nitrogens with zero attached hydrogens (tertiary/aromatic N) is 4. The molecule has 2 saturated carbocycles. The van der Waals surface area contributed by atoms with Gasteiger partial charge in [-0.3, -0.25) is 9.69 Å². The lowest BCUT2D eigenvalue weighted by atomic mass is 9.65. The first-order chi connectivity index (χ1) is 18.5. The van der Waals surface area contributed by atoms with Gasteiger partial charge in [0.1, 0.15) is 6.04 Å². The number of carbonyl (C=O) groups is 1. The number of ether oxygens (including phenoxy) is 1. The van der Waals surface area contributed by atoms with Crippen LogP contribution in [0.3, 0.4) is 0 Å². The van der Waals surface area contributed by atoms with Gasteiger partial charge in [-0.25, -0.2) is 9.78 Å². The van der Waals surface area contributed by atoms with Crippen LogP contribution in [0.1, 0.15) is 70.8 Å². The molecule has 4 bridgehead atoms. The highest BCUT2D eigenvalue weighted by Gasteiger charge is 2.47. The Morgan fingerprint density at radius 1 is 0.974 bits per heavy atom. The molecular formula is C30H40N4O4. The molecule has 7 rings (SSSR count). The molecule has 1 aromatic carbocycles. The smallest absolute Gasteiger partial charge is 0.326 e. The Morgan fingerprint density at radius 3 is 2.32 bits per heavy atom. The minimum atomic E-state index is -0.889. The van der Waals surface area contributed by atoms with Crippen molar-refractivity contribution in [1.29, 1.82) is 0 Å². The summed E-state index contributed by atoms with van der Waals surface area (Å²) in [5, 5.41) is 9.64. The summed E-state index contributed by atoms with van der Waals surface area (Å²) < 4.78 is 8.06. The number of carboxylic acids is 1. The number of rotatable bonds is 5. The summed E-state index contributed by atoms with van der Waals surface area (Å²) in [5.41, 5.74) is 1.46. The second-order valence-electron chi connectivity index (χ2n) is 12.7. The van der Waals surface area contributed by atoms with Crippen molar-refractivity contribution < 1.29 is 14.6 Å². The van der Waals surface area contributed by atoms with Crippen LogP contribution in [0.2, 0.25) is 0 Å². The Kier molecular flexibility index (Phi) is 6.23. The van der Waals surface area contributed by atoms with Gasteiger partial charge in [0.25, 0.3) is 5.56 Å². The van der Waals surface area contributed by atoms with E-state index >= 15 is 0 Å². The summed E-state index contributed by atoms with van der Waals surface area (Å²) in [6, 6.07) is 8.48. The van der Waals surface area contributed by atoms with Crippen molar-refractivity contribution in [3.63, 3.8) is 0 Å². The number of benzene rings is 1. The number of hydrogen-bond donors (Lipinski definition) is 1.